The van der Waals surface area contributed by atoms with E-state index in [0.29, 0.717) is 5.56 Å². The quantitative estimate of drug-likeness (QED) is 0.703. The van der Waals surface area contributed by atoms with Gasteiger partial charge in [0, 0.05) is 11.8 Å². The van der Waals surface area contributed by atoms with Gasteiger partial charge in [0.2, 0.25) is 0 Å². The highest BCUT2D eigenvalue weighted by Gasteiger charge is 2.35. The van der Waals surface area contributed by atoms with Gasteiger partial charge in [-0.2, -0.15) is 23.0 Å². The zero-order chi connectivity index (χ0) is 18.2. The van der Waals surface area contributed by atoms with Crippen LogP contribution in [0.25, 0.3) is 17.2 Å². The van der Waals surface area contributed by atoms with Gasteiger partial charge in [-0.25, -0.2) is 13.4 Å². The van der Waals surface area contributed by atoms with Crippen LogP contribution in [0.5, 0.6) is 0 Å². The van der Waals surface area contributed by atoms with Crippen molar-refractivity contribution >= 4 is 9.84 Å². The molecule has 0 aliphatic rings. The van der Waals surface area contributed by atoms with Crippen LogP contribution >= 0.6 is 0 Å². The highest BCUT2D eigenvalue weighted by molar-refractivity contribution is 7.90. The fourth-order valence-electron chi connectivity index (χ4n) is 2.01. The zero-order valence-corrected chi connectivity index (χ0v) is 13.5. The fourth-order valence-corrected chi connectivity index (χ4v) is 2.45. The van der Waals surface area contributed by atoms with Crippen molar-refractivity contribution in [2.45, 2.75) is 11.2 Å². The van der Waals surface area contributed by atoms with Crippen LogP contribution < -0.4 is 0 Å². The van der Waals surface area contributed by atoms with E-state index in [4.69, 9.17) is 0 Å². The molecule has 0 N–H and O–H groups in total. The minimum Gasteiger partial charge on any atom is -0.222 e. The van der Waals surface area contributed by atoms with Crippen LogP contribution in [0.4, 0.5) is 13.2 Å². The summed E-state index contributed by atoms with van der Waals surface area (Å²) < 4.78 is 62.7. The molecule has 0 saturated heterocycles. The van der Waals surface area contributed by atoms with Gasteiger partial charge in [0.25, 0.3) is 5.95 Å². The van der Waals surface area contributed by atoms with Gasteiger partial charge in [0.05, 0.1) is 11.9 Å². The average molecular weight is 369 g/mol. The summed E-state index contributed by atoms with van der Waals surface area (Å²) in [5.74, 6) is -0.276. The van der Waals surface area contributed by atoms with Crippen LogP contribution in [0.1, 0.15) is 5.69 Å². The maximum Gasteiger partial charge on any atom is 0.435 e. The minimum absolute atomic E-state index is 0.0989. The van der Waals surface area contributed by atoms with E-state index < -0.39 is 21.7 Å². The third-order valence-corrected chi connectivity index (χ3v) is 4.11. The molecule has 3 aromatic rings. The molecule has 3 rings (SSSR count). The fraction of sp³-hybridized carbons (Fsp3) is 0.143. The number of nitrogens with zero attached hydrogens (tertiary/aromatic N) is 5. The lowest BCUT2D eigenvalue weighted by Crippen LogP contribution is -2.11. The Morgan fingerprint density at radius 1 is 1.08 bits per heavy atom. The lowest BCUT2D eigenvalue weighted by molar-refractivity contribution is -0.141. The van der Waals surface area contributed by atoms with Crippen LogP contribution in [0.2, 0.25) is 0 Å². The van der Waals surface area contributed by atoms with Crippen molar-refractivity contribution in [1.82, 2.24) is 25.0 Å². The van der Waals surface area contributed by atoms with Crippen LogP contribution in [-0.2, 0) is 16.0 Å². The highest BCUT2D eigenvalue weighted by atomic mass is 32.2. The van der Waals surface area contributed by atoms with E-state index in [1.165, 1.54) is 0 Å². The third-order valence-electron chi connectivity index (χ3n) is 3.17. The second kappa shape index (κ2) is 5.92. The number of hydrogen-bond donors (Lipinski definition) is 0. The van der Waals surface area contributed by atoms with E-state index in [0.717, 1.165) is 23.2 Å². The minimum atomic E-state index is -4.66. The number of halogens is 3. The SMILES string of the molecule is CS(=O)(=O)c1cnc(-n2nc(C(F)(F)F)cc2-c2ccccc2)nn1. The van der Waals surface area contributed by atoms with Crippen molar-refractivity contribution in [2.24, 2.45) is 0 Å². The summed E-state index contributed by atoms with van der Waals surface area (Å²) in [5, 5.41) is 10.2. The van der Waals surface area contributed by atoms with E-state index in [9.17, 15) is 21.6 Å². The first-order valence-electron chi connectivity index (χ1n) is 6.79. The highest BCUT2D eigenvalue weighted by Crippen LogP contribution is 2.32. The lowest BCUT2D eigenvalue weighted by Gasteiger charge is -2.05. The molecule has 2 aromatic heterocycles. The molecule has 0 fully saturated rings. The van der Waals surface area contributed by atoms with Crippen LogP contribution in [-0.4, -0.2) is 39.6 Å². The molecule has 1 aromatic carbocycles. The van der Waals surface area contributed by atoms with Crippen molar-refractivity contribution < 1.29 is 21.6 Å². The molecular weight excluding hydrogens is 359 g/mol. The molecule has 25 heavy (non-hydrogen) atoms. The summed E-state index contributed by atoms with van der Waals surface area (Å²) in [7, 11) is -3.63. The first-order valence-corrected chi connectivity index (χ1v) is 8.68. The Labute approximate surface area is 140 Å². The number of sulfone groups is 1. The van der Waals surface area contributed by atoms with Crippen LogP contribution in [0.3, 0.4) is 0 Å². The Morgan fingerprint density at radius 2 is 1.76 bits per heavy atom. The number of hydrogen-bond acceptors (Lipinski definition) is 6. The van der Waals surface area contributed by atoms with Crippen LogP contribution in [0, 0.1) is 0 Å². The monoisotopic (exact) mass is 369 g/mol. The summed E-state index contributed by atoms with van der Waals surface area (Å²) in [6.45, 7) is 0. The Bertz CT molecular complexity index is 999. The topological polar surface area (TPSA) is 90.6 Å². The Kier molecular flexibility index (Phi) is 4.03. The van der Waals surface area contributed by atoms with Gasteiger partial charge in [-0.1, -0.05) is 30.3 Å². The normalized spacial score (nSPS) is 12.3. The number of rotatable bonds is 3. The molecule has 7 nitrogen and oxygen atoms in total. The standard InChI is InChI=1S/C14H10F3N5O2S/c1-25(23,24)12-8-18-13(20-19-12)22-10(9-5-3-2-4-6-9)7-11(21-22)14(15,16)17/h2-8H,1H3. The Balaban J connectivity index is 2.16. The molecule has 130 valence electrons. The van der Waals surface area contributed by atoms with E-state index in [-0.39, 0.29) is 16.7 Å². The first kappa shape index (κ1) is 17.0. The largest absolute Gasteiger partial charge is 0.435 e. The van der Waals surface area contributed by atoms with Crippen molar-refractivity contribution in [3.05, 3.63) is 48.3 Å². The van der Waals surface area contributed by atoms with Gasteiger partial charge >= 0.3 is 6.18 Å². The van der Waals surface area contributed by atoms with E-state index in [1.807, 2.05) is 0 Å². The van der Waals surface area contributed by atoms with Gasteiger partial charge in [-0.15, -0.1) is 10.2 Å². The molecule has 0 aliphatic carbocycles. The molecule has 2 heterocycles. The zero-order valence-electron chi connectivity index (χ0n) is 12.6. The van der Waals surface area contributed by atoms with E-state index in [2.05, 4.69) is 20.3 Å². The van der Waals surface area contributed by atoms with Crippen molar-refractivity contribution in [3.63, 3.8) is 0 Å². The second-order valence-corrected chi connectivity index (χ2v) is 7.02. The van der Waals surface area contributed by atoms with Crippen LogP contribution in [0.15, 0.2) is 47.6 Å². The molecule has 0 atom stereocenters. The average Bonchev–Trinajstić information content (AvgIpc) is 3.00. The van der Waals surface area contributed by atoms with Gasteiger partial charge in [0.15, 0.2) is 20.6 Å². The molecule has 0 spiro atoms. The van der Waals surface area contributed by atoms with Gasteiger partial charge in [0.1, 0.15) is 0 Å². The third kappa shape index (κ3) is 3.50. The Morgan fingerprint density at radius 3 is 2.28 bits per heavy atom. The smallest absolute Gasteiger partial charge is 0.222 e. The van der Waals surface area contributed by atoms with E-state index in [1.54, 1.807) is 30.3 Å². The Hall–Kier alpha value is -2.82. The summed E-state index contributed by atoms with van der Waals surface area (Å²) in [4.78, 5) is 3.78. The molecular formula is C14H10F3N5O2S. The second-order valence-electron chi connectivity index (χ2n) is 5.06. The predicted molar refractivity (Wildman–Crippen MR) is 80.5 cm³/mol. The molecule has 0 radical (unpaired) electrons. The molecule has 0 saturated carbocycles. The number of alkyl halides is 3. The number of aromatic nitrogens is 5. The summed E-state index contributed by atoms with van der Waals surface area (Å²) in [6.07, 6.45) is -2.82. The molecule has 0 bridgehead atoms. The summed E-state index contributed by atoms with van der Waals surface area (Å²) >= 11 is 0. The van der Waals surface area contributed by atoms with E-state index >= 15 is 0 Å². The van der Waals surface area contributed by atoms with Gasteiger partial charge < -0.3 is 0 Å². The number of benzene rings is 1. The molecule has 11 heteroatoms. The van der Waals surface area contributed by atoms with Crippen molar-refractivity contribution in [1.29, 1.82) is 0 Å². The first-order chi connectivity index (χ1) is 11.7. The lowest BCUT2D eigenvalue weighted by atomic mass is 10.1. The molecule has 0 aliphatic heterocycles. The van der Waals surface area contributed by atoms with Gasteiger partial charge in [-0.3, -0.25) is 0 Å². The molecule has 0 amide bonds. The summed E-state index contributed by atoms with van der Waals surface area (Å²) in [6, 6.07) is 9.10. The molecule has 0 unspecified atom stereocenters. The predicted octanol–water partition coefficient (Wildman–Crippen LogP) is 2.15. The maximum atomic E-state index is 13.0. The van der Waals surface area contributed by atoms with Crippen molar-refractivity contribution in [3.8, 4) is 17.2 Å². The summed E-state index contributed by atoms with van der Waals surface area (Å²) in [5.41, 5.74) is -0.565. The van der Waals surface area contributed by atoms with Gasteiger partial charge in [-0.05, 0) is 6.07 Å². The maximum absolute atomic E-state index is 13.0. The van der Waals surface area contributed by atoms with Crippen molar-refractivity contribution in [2.75, 3.05) is 6.26 Å².